The van der Waals surface area contributed by atoms with Gasteiger partial charge in [0, 0.05) is 18.2 Å². The molecular formula is C11H17NO3. The number of carbonyl (C=O) groups is 2. The van der Waals surface area contributed by atoms with Gasteiger partial charge in [-0.3, -0.25) is 4.79 Å². The Labute approximate surface area is 89.4 Å². The Morgan fingerprint density at radius 2 is 1.67 bits per heavy atom. The predicted molar refractivity (Wildman–Crippen MR) is 56.4 cm³/mol. The fraction of sp³-hybridized carbons (Fsp3) is 0.636. The second-order valence-electron chi connectivity index (χ2n) is 3.87. The zero-order valence-electron chi connectivity index (χ0n) is 8.74. The van der Waals surface area contributed by atoms with E-state index in [2.05, 4.69) is 5.32 Å². The van der Waals surface area contributed by atoms with E-state index in [9.17, 15) is 9.59 Å². The minimum Gasteiger partial charge on any atom is -0.478 e. The van der Waals surface area contributed by atoms with Crippen LogP contribution in [0, 0.1) is 0 Å². The zero-order chi connectivity index (χ0) is 11.1. The van der Waals surface area contributed by atoms with Crippen molar-refractivity contribution in [3.63, 3.8) is 0 Å². The highest BCUT2D eigenvalue weighted by atomic mass is 16.4. The summed E-state index contributed by atoms with van der Waals surface area (Å²) in [4.78, 5) is 21.5. The first kappa shape index (κ1) is 11.8. The highest BCUT2D eigenvalue weighted by Gasteiger charge is 2.13. The van der Waals surface area contributed by atoms with Crippen LogP contribution in [0.4, 0.5) is 0 Å². The zero-order valence-corrected chi connectivity index (χ0v) is 8.74. The molecular weight excluding hydrogens is 194 g/mol. The minimum atomic E-state index is -1.09. The Hall–Kier alpha value is -1.32. The number of carboxylic acid groups (broad SMARTS) is 1. The number of carboxylic acids is 1. The number of carbonyl (C=O) groups excluding carboxylic acids is 1. The van der Waals surface area contributed by atoms with Crippen molar-refractivity contribution in [2.45, 2.75) is 44.6 Å². The van der Waals surface area contributed by atoms with E-state index in [1.54, 1.807) is 0 Å². The molecule has 0 unspecified atom stereocenters. The summed E-state index contributed by atoms with van der Waals surface area (Å²) in [5, 5.41) is 11.2. The van der Waals surface area contributed by atoms with E-state index in [1.807, 2.05) is 0 Å². The summed E-state index contributed by atoms with van der Waals surface area (Å²) in [6.45, 7) is 0. The molecule has 1 amide bonds. The van der Waals surface area contributed by atoms with Gasteiger partial charge in [0.2, 0.25) is 5.91 Å². The van der Waals surface area contributed by atoms with Gasteiger partial charge < -0.3 is 10.4 Å². The van der Waals surface area contributed by atoms with Crippen molar-refractivity contribution < 1.29 is 14.7 Å². The average Bonchev–Trinajstić information content (AvgIpc) is 2.43. The maximum Gasteiger partial charge on any atom is 0.328 e. The molecule has 1 saturated carbocycles. The van der Waals surface area contributed by atoms with Gasteiger partial charge >= 0.3 is 5.97 Å². The van der Waals surface area contributed by atoms with Crippen molar-refractivity contribution in [2.75, 3.05) is 0 Å². The first-order valence-electron chi connectivity index (χ1n) is 5.40. The Balaban J connectivity index is 2.32. The van der Waals surface area contributed by atoms with E-state index in [4.69, 9.17) is 5.11 Å². The third-order valence-corrected chi connectivity index (χ3v) is 2.58. The molecule has 15 heavy (non-hydrogen) atoms. The lowest BCUT2D eigenvalue weighted by atomic mass is 10.1. The Bertz CT molecular complexity index is 253. The molecule has 1 rings (SSSR count). The quantitative estimate of drug-likeness (QED) is 0.548. The van der Waals surface area contributed by atoms with Gasteiger partial charge in [0.05, 0.1) is 0 Å². The molecule has 0 aromatic heterocycles. The summed E-state index contributed by atoms with van der Waals surface area (Å²) in [7, 11) is 0. The lowest BCUT2D eigenvalue weighted by molar-refractivity contribution is -0.131. The van der Waals surface area contributed by atoms with Gasteiger partial charge in [0.25, 0.3) is 0 Å². The lowest BCUT2D eigenvalue weighted by Gasteiger charge is -2.14. The molecule has 1 aliphatic carbocycles. The molecule has 84 valence electrons. The van der Waals surface area contributed by atoms with Crippen LogP contribution in [-0.2, 0) is 9.59 Å². The number of nitrogens with one attached hydrogen (secondary N) is 1. The van der Waals surface area contributed by atoms with E-state index in [-0.39, 0.29) is 11.9 Å². The predicted octanol–water partition coefficient (Wildman–Crippen LogP) is 1.47. The third-order valence-electron chi connectivity index (χ3n) is 2.58. The van der Waals surface area contributed by atoms with Gasteiger partial charge in [0.1, 0.15) is 0 Å². The van der Waals surface area contributed by atoms with Crippen LogP contribution in [0.2, 0.25) is 0 Å². The topological polar surface area (TPSA) is 66.4 Å². The Kier molecular flexibility index (Phi) is 4.87. The van der Waals surface area contributed by atoms with Crippen LogP contribution < -0.4 is 5.32 Å². The van der Waals surface area contributed by atoms with Crippen LogP contribution in [0.5, 0.6) is 0 Å². The highest BCUT2D eigenvalue weighted by Crippen LogP contribution is 2.16. The number of hydrogen-bond donors (Lipinski definition) is 2. The molecule has 0 spiro atoms. The van der Waals surface area contributed by atoms with Gasteiger partial charge in [-0.1, -0.05) is 25.7 Å². The van der Waals surface area contributed by atoms with Crippen molar-refractivity contribution in [3.8, 4) is 0 Å². The highest BCUT2D eigenvalue weighted by molar-refractivity contribution is 5.93. The molecule has 0 bridgehead atoms. The number of rotatable bonds is 3. The maximum absolute atomic E-state index is 11.3. The van der Waals surface area contributed by atoms with Crippen LogP contribution in [-0.4, -0.2) is 23.0 Å². The standard InChI is InChI=1S/C11H17NO3/c13-10(7-8-11(14)15)12-9-5-3-1-2-4-6-9/h7-9H,1-6H2,(H,12,13)(H,14,15)/b8-7+. The van der Waals surface area contributed by atoms with E-state index in [0.717, 1.165) is 37.8 Å². The van der Waals surface area contributed by atoms with E-state index in [1.165, 1.54) is 12.8 Å². The van der Waals surface area contributed by atoms with Crippen molar-refractivity contribution in [1.29, 1.82) is 0 Å². The van der Waals surface area contributed by atoms with E-state index >= 15 is 0 Å². The molecule has 4 heteroatoms. The third kappa shape index (κ3) is 5.20. The molecule has 4 nitrogen and oxygen atoms in total. The SMILES string of the molecule is O=C(O)/C=C/C(=O)NC1CCCCCC1. The van der Waals surface area contributed by atoms with Crippen molar-refractivity contribution in [3.05, 3.63) is 12.2 Å². The number of hydrogen-bond acceptors (Lipinski definition) is 2. The van der Waals surface area contributed by atoms with Gasteiger partial charge in [-0.05, 0) is 12.8 Å². The summed E-state index contributed by atoms with van der Waals surface area (Å²) < 4.78 is 0. The molecule has 1 aliphatic rings. The molecule has 0 aromatic rings. The fourth-order valence-corrected chi connectivity index (χ4v) is 1.82. The second-order valence-corrected chi connectivity index (χ2v) is 3.87. The van der Waals surface area contributed by atoms with Crippen molar-refractivity contribution in [2.24, 2.45) is 0 Å². The van der Waals surface area contributed by atoms with Crippen LogP contribution >= 0.6 is 0 Å². The van der Waals surface area contributed by atoms with Gasteiger partial charge in [-0.15, -0.1) is 0 Å². The normalized spacial score (nSPS) is 18.7. The summed E-state index contributed by atoms with van der Waals surface area (Å²) in [5.41, 5.74) is 0. The van der Waals surface area contributed by atoms with Gasteiger partial charge in [-0.25, -0.2) is 4.79 Å². The Morgan fingerprint density at radius 3 is 2.20 bits per heavy atom. The minimum absolute atomic E-state index is 0.221. The van der Waals surface area contributed by atoms with Crippen LogP contribution in [0.15, 0.2) is 12.2 Å². The number of aliphatic carboxylic acids is 1. The smallest absolute Gasteiger partial charge is 0.328 e. The maximum atomic E-state index is 11.3. The van der Waals surface area contributed by atoms with Crippen LogP contribution in [0.1, 0.15) is 38.5 Å². The van der Waals surface area contributed by atoms with Crippen LogP contribution in [0.25, 0.3) is 0 Å². The van der Waals surface area contributed by atoms with Gasteiger partial charge in [0.15, 0.2) is 0 Å². The molecule has 0 atom stereocenters. The molecule has 2 N–H and O–H groups in total. The van der Waals surface area contributed by atoms with Crippen LogP contribution in [0.3, 0.4) is 0 Å². The summed E-state index contributed by atoms with van der Waals surface area (Å²) >= 11 is 0. The van der Waals surface area contributed by atoms with Crippen molar-refractivity contribution in [1.82, 2.24) is 5.32 Å². The molecule has 0 aliphatic heterocycles. The first-order valence-corrected chi connectivity index (χ1v) is 5.40. The molecule has 1 fully saturated rings. The number of amides is 1. The summed E-state index contributed by atoms with van der Waals surface area (Å²) in [6, 6.07) is 0.221. The van der Waals surface area contributed by atoms with Crippen molar-refractivity contribution >= 4 is 11.9 Å². The van der Waals surface area contributed by atoms with E-state index < -0.39 is 5.97 Å². The summed E-state index contributed by atoms with van der Waals surface area (Å²) in [6.07, 6.45) is 8.72. The lowest BCUT2D eigenvalue weighted by Crippen LogP contribution is -2.33. The Morgan fingerprint density at radius 1 is 1.07 bits per heavy atom. The first-order chi connectivity index (χ1) is 7.18. The van der Waals surface area contributed by atoms with Gasteiger partial charge in [-0.2, -0.15) is 0 Å². The molecule has 0 saturated heterocycles. The fourth-order valence-electron chi connectivity index (χ4n) is 1.82. The summed E-state index contributed by atoms with van der Waals surface area (Å²) in [5.74, 6) is -1.39. The largest absolute Gasteiger partial charge is 0.478 e. The second kappa shape index (κ2) is 6.22. The average molecular weight is 211 g/mol. The van der Waals surface area contributed by atoms with E-state index in [0.29, 0.717) is 0 Å². The molecule has 0 radical (unpaired) electrons. The molecule has 0 heterocycles. The molecule has 0 aromatic carbocycles. The monoisotopic (exact) mass is 211 g/mol.